The molecule has 1 aromatic carbocycles. The molecule has 1 aliphatic heterocycles. The van der Waals surface area contributed by atoms with Crippen molar-refractivity contribution in [3.05, 3.63) is 53.3 Å². The van der Waals surface area contributed by atoms with Gasteiger partial charge in [0.25, 0.3) is 0 Å². The molecule has 6 nitrogen and oxygen atoms in total. The molecular formula is C19H25N3O3. The normalized spacial score (nSPS) is 17.2. The number of ether oxygens (including phenoxy) is 1. The van der Waals surface area contributed by atoms with Gasteiger partial charge >= 0.3 is 0 Å². The smallest absolute Gasteiger partial charge is 0.228 e. The van der Waals surface area contributed by atoms with Gasteiger partial charge in [-0.1, -0.05) is 30.3 Å². The Morgan fingerprint density at radius 1 is 1.40 bits per heavy atom. The first kappa shape index (κ1) is 17.6. The van der Waals surface area contributed by atoms with Crippen LogP contribution in [-0.2, 0) is 22.5 Å². The van der Waals surface area contributed by atoms with Crippen LogP contribution in [0.2, 0.25) is 0 Å². The topological polar surface area (TPSA) is 76.4 Å². The Kier molecular flexibility index (Phi) is 5.20. The van der Waals surface area contributed by atoms with Crippen LogP contribution in [0.15, 0.2) is 36.5 Å². The van der Waals surface area contributed by atoms with Crippen LogP contribution in [0.3, 0.4) is 0 Å². The molecule has 0 aliphatic carbocycles. The van der Waals surface area contributed by atoms with Crippen molar-refractivity contribution in [1.29, 1.82) is 0 Å². The van der Waals surface area contributed by atoms with E-state index in [1.807, 2.05) is 22.9 Å². The van der Waals surface area contributed by atoms with Gasteiger partial charge in [-0.3, -0.25) is 9.48 Å². The number of fused-ring (bicyclic) bond motifs is 1. The Hall–Kier alpha value is -2.18. The van der Waals surface area contributed by atoms with Gasteiger partial charge in [-0.15, -0.1) is 0 Å². The monoisotopic (exact) mass is 343 g/mol. The van der Waals surface area contributed by atoms with Crippen LogP contribution in [-0.4, -0.2) is 40.6 Å². The van der Waals surface area contributed by atoms with E-state index in [0.717, 1.165) is 12.1 Å². The van der Waals surface area contributed by atoms with Crippen molar-refractivity contribution < 1.29 is 14.6 Å². The van der Waals surface area contributed by atoms with Crippen molar-refractivity contribution in [3.63, 3.8) is 0 Å². The average Bonchev–Trinajstić information content (AvgIpc) is 3.03. The summed E-state index contributed by atoms with van der Waals surface area (Å²) in [5.74, 6) is -0.186. The zero-order valence-corrected chi connectivity index (χ0v) is 14.7. The van der Waals surface area contributed by atoms with E-state index in [-0.39, 0.29) is 18.6 Å². The fourth-order valence-electron chi connectivity index (χ4n) is 2.83. The van der Waals surface area contributed by atoms with Crippen LogP contribution in [0.4, 0.5) is 0 Å². The summed E-state index contributed by atoms with van der Waals surface area (Å²) in [7, 11) is 0. The van der Waals surface area contributed by atoms with E-state index in [4.69, 9.17) is 4.74 Å². The van der Waals surface area contributed by atoms with Gasteiger partial charge in [0, 0.05) is 12.7 Å². The van der Waals surface area contributed by atoms with Gasteiger partial charge in [-0.05, 0) is 31.4 Å². The molecule has 2 aromatic rings. The van der Waals surface area contributed by atoms with Gasteiger partial charge in [0.1, 0.15) is 6.10 Å². The molecule has 6 heteroatoms. The maximum Gasteiger partial charge on any atom is 0.228 e. The zero-order chi connectivity index (χ0) is 17.9. The molecule has 1 aliphatic rings. The van der Waals surface area contributed by atoms with E-state index in [9.17, 15) is 9.90 Å². The molecule has 1 atom stereocenters. The number of hydrogen-bond acceptors (Lipinski definition) is 4. The van der Waals surface area contributed by atoms with Gasteiger partial charge < -0.3 is 15.2 Å². The van der Waals surface area contributed by atoms with Crippen molar-refractivity contribution in [2.24, 2.45) is 5.41 Å². The third-order valence-corrected chi connectivity index (χ3v) is 4.51. The predicted octanol–water partition coefficient (Wildman–Crippen LogP) is 1.68. The summed E-state index contributed by atoms with van der Waals surface area (Å²) in [6, 6.07) is 10.2. The summed E-state index contributed by atoms with van der Waals surface area (Å²) in [5.41, 5.74) is 2.45. The SMILES string of the molecule is CC(C)(CO)C(=O)NCC1OCCc2cn(Cc3ccccc3)nc21. The molecule has 25 heavy (non-hydrogen) atoms. The highest BCUT2D eigenvalue weighted by Gasteiger charge is 2.29. The standard InChI is InChI=1S/C19H25N3O3/c1-19(2,13-23)18(24)20-10-16-17-15(8-9-25-16)12-22(21-17)11-14-6-4-3-5-7-14/h3-7,12,16,23H,8-11,13H2,1-2H3,(H,20,24). The Bertz CT molecular complexity index is 725. The summed E-state index contributed by atoms with van der Waals surface area (Å²) in [6.07, 6.45) is 2.65. The van der Waals surface area contributed by atoms with Gasteiger partial charge in [0.2, 0.25) is 5.91 Å². The summed E-state index contributed by atoms with van der Waals surface area (Å²) >= 11 is 0. The number of benzene rings is 1. The van der Waals surface area contributed by atoms with Gasteiger partial charge in [-0.25, -0.2) is 0 Å². The molecule has 0 bridgehead atoms. The molecule has 1 unspecified atom stereocenters. The zero-order valence-electron chi connectivity index (χ0n) is 14.7. The number of carbonyl (C=O) groups excluding carboxylic acids is 1. The minimum absolute atomic E-state index is 0.186. The van der Waals surface area contributed by atoms with Crippen molar-refractivity contribution in [2.45, 2.75) is 32.9 Å². The molecule has 0 radical (unpaired) electrons. The highest BCUT2D eigenvalue weighted by atomic mass is 16.5. The third-order valence-electron chi connectivity index (χ3n) is 4.51. The fourth-order valence-corrected chi connectivity index (χ4v) is 2.83. The molecule has 0 spiro atoms. The molecular weight excluding hydrogens is 318 g/mol. The number of aliphatic hydroxyl groups excluding tert-OH is 1. The molecule has 1 aromatic heterocycles. The van der Waals surface area contributed by atoms with Crippen molar-refractivity contribution in [1.82, 2.24) is 15.1 Å². The summed E-state index contributed by atoms with van der Waals surface area (Å²) in [4.78, 5) is 12.1. The van der Waals surface area contributed by atoms with E-state index < -0.39 is 5.41 Å². The van der Waals surface area contributed by atoms with Crippen LogP contribution >= 0.6 is 0 Å². The van der Waals surface area contributed by atoms with E-state index >= 15 is 0 Å². The molecule has 0 saturated heterocycles. The molecule has 1 amide bonds. The lowest BCUT2D eigenvalue weighted by molar-refractivity contribution is -0.132. The van der Waals surface area contributed by atoms with Crippen LogP contribution in [0.5, 0.6) is 0 Å². The van der Waals surface area contributed by atoms with Gasteiger partial charge in [0.05, 0.1) is 30.9 Å². The number of aliphatic hydroxyl groups is 1. The Balaban J connectivity index is 1.68. The van der Waals surface area contributed by atoms with E-state index in [1.54, 1.807) is 13.8 Å². The first-order valence-electron chi connectivity index (χ1n) is 8.60. The number of amides is 1. The minimum atomic E-state index is -0.801. The largest absolute Gasteiger partial charge is 0.395 e. The van der Waals surface area contributed by atoms with E-state index in [2.05, 4.69) is 28.7 Å². The first-order valence-corrected chi connectivity index (χ1v) is 8.60. The Morgan fingerprint density at radius 2 is 2.16 bits per heavy atom. The molecule has 3 rings (SSSR count). The molecule has 2 heterocycles. The molecule has 134 valence electrons. The van der Waals surface area contributed by atoms with E-state index in [0.29, 0.717) is 19.7 Å². The third kappa shape index (κ3) is 4.08. The highest BCUT2D eigenvalue weighted by Crippen LogP contribution is 2.26. The number of aromatic nitrogens is 2. The number of nitrogens with one attached hydrogen (secondary N) is 1. The van der Waals surface area contributed by atoms with Crippen LogP contribution in [0.25, 0.3) is 0 Å². The molecule has 2 N–H and O–H groups in total. The van der Waals surface area contributed by atoms with Crippen molar-refractivity contribution in [3.8, 4) is 0 Å². The lowest BCUT2D eigenvalue weighted by Gasteiger charge is -2.25. The molecule has 0 fully saturated rings. The lowest BCUT2D eigenvalue weighted by Crippen LogP contribution is -2.41. The highest BCUT2D eigenvalue weighted by molar-refractivity contribution is 5.81. The second-order valence-electron chi connectivity index (χ2n) is 7.08. The van der Waals surface area contributed by atoms with Gasteiger partial charge in [-0.2, -0.15) is 5.10 Å². The maximum atomic E-state index is 12.1. The summed E-state index contributed by atoms with van der Waals surface area (Å²) < 4.78 is 7.74. The van der Waals surface area contributed by atoms with Crippen LogP contribution in [0, 0.1) is 5.41 Å². The quantitative estimate of drug-likeness (QED) is 0.837. The van der Waals surface area contributed by atoms with Crippen LogP contribution < -0.4 is 5.32 Å². The predicted molar refractivity (Wildman–Crippen MR) is 94.0 cm³/mol. The van der Waals surface area contributed by atoms with Crippen LogP contribution in [0.1, 0.15) is 36.8 Å². The second kappa shape index (κ2) is 7.37. The summed E-state index contributed by atoms with van der Waals surface area (Å²) in [6.45, 7) is 4.92. The number of hydrogen-bond donors (Lipinski definition) is 2. The van der Waals surface area contributed by atoms with Gasteiger partial charge in [0.15, 0.2) is 0 Å². The minimum Gasteiger partial charge on any atom is -0.395 e. The number of nitrogens with zero attached hydrogens (tertiary/aromatic N) is 2. The van der Waals surface area contributed by atoms with Crippen molar-refractivity contribution >= 4 is 5.91 Å². The Labute approximate surface area is 147 Å². The lowest BCUT2D eigenvalue weighted by atomic mass is 9.93. The summed E-state index contributed by atoms with van der Waals surface area (Å²) in [5, 5.41) is 16.8. The number of carbonyl (C=O) groups is 1. The fraction of sp³-hybridized carbons (Fsp3) is 0.474. The van der Waals surface area contributed by atoms with E-state index in [1.165, 1.54) is 11.1 Å². The second-order valence-corrected chi connectivity index (χ2v) is 7.08. The molecule has 0 saturated carbocycles. The average molecular weight is 343 g/mol. The first-order chi connectivity index (χ1) is 12.0. The number of rotatable bonds is 6. The Morgan fingerprint density at radius 3 is 2.88 bits per heavy atom. The van der Waals surface area contributed by atoms with Crippen molar-refractivity contribution in [2.75, 3.05) is 19.8 Å². The maximum absolute atomic E-state index is 12.1.